The van der Waals surface area contributed by atoms with Gasteiger partial charge in [-0.2, -0.15) is 4.98 Å². The summed E-state index contributed by atoms with van der Waals surface area (Å²) in [6.45, 7) is 4.09. The van der Waals surface area contributed by atoms with Crippen molar-refractivity contribution in [2.24, 2.45) is 0 Å². The molecule has 0 N–H and O–H groups in total. The Labute approximate surface area is 366 Å². The predicted molar refractivity (Wildman–Crippen MR) is 222 cm³/mol. The number of benzene rings is 6. The lowest BCUT2D eigenvalue weighted by atomic mass is 10.4. The van der Waals surface area contributed by atoms with E-state index in [0.717, 1.165) is 25.2 Å². The lowest BCUT2D eigenvalue weighted by Crippen LogP contribution is -2.68. The van der Waals surface area contributed by atoms with Crippen molar-refractivity contribution in [3.8, 4) is 0 Å². The molecule has 2 aromatic heterocycles. The van der Waals surface area contributed by atoms with Crippen LogP contribution < -0.4 is 80.0 Å². The molecule has 6 aromatic carbocycles. The fourth-order valence-corrected chi connectivity index (χ4v) is 18.7. The van der Waals surface area contributed by atoms with Gasteiger partial charge in [0.05, 0.1) is 5.01 Å². The molecule has 8 rings (SSSR count). The fraction of sp³-hybridized carbons (Fsp3) is 0.0455. The summed E-state index contributed by atoms with van der Waals surface area (Å²) in [5.74, 6) is 0.651. The van der Waals surface area contributed by atoms with Gasteiger partial charge in [-0.05, 0) is 91.5 Å². The smallest absolute Gasteiger partial charge is 0.251 e. The Balaban J connectivity index is 0.000000560. The molecule has 0 saturated heterocycles. The molecule has 0 aliphatic rings. The highest BCUT2D eigenvalue weighted by Gasteiger charge is 2.55. The Bertz CT molecular complexity index is 2200. The highest BCUT2D eigenvalue weighted by Crippen LogP contribution is 2.59. The first kappa shape index (κ1) is 46.1. The molecule has 0 atom stereocenters. The first-order valence-corrected chi connectivity index (χ1v) is 25.8. The largest absolute Gasteiger partial charge is 0.430 e. The number of hydrogen-bond donors (Lipinski definition) is 0. The molecule has 0 bridgehead atoms. The van der Waals surface area contributed by atoms with E-state index in [0.29, 0.717) is 5.89 Å². The molecular formula is C44H36Cl2N2O9P2S2. The maximum absolute atomic E-state index is 8.49. The molecule has 0 amide bonds. The molecule has 0 spiro atoms. The third kappa shape index (κ3) is 11.2. The molecule has 0 radical (unpaired) electrons. The van der Waals surface area contributed by atoms with Crippen LogP contribution in [0.4, 0.5) is 0 Å². The number of nitrogens with zero attached hydrogens (tertiary/aromatic N) is 2. The molecule has 0 saturated carbocycles. The van der Waals surface area contributed by atoms with E-state index in [1.807, 2.05) is 6.92 Å². The van der Waals surface area contributed by atoms with Crippen molar-refractivity contribution in [1.82, 2.24) is 9.97 Å². The zero-order valence-electron chi connectivity index (χ0n) is 32.4. The standard InChI is InChI=1S/C44H36N2OP2S2.2ClHO4/c1-33-45-41(48(35-21-9-3-10-22-35,36-23-11-4-12-24-36)37-25-13-5-14-26-37)43(47-33)51-44-42(46-34(2)50-44)49(38-27-15-6-16-28-38,39-29-17-7-18-30-39)40-31-19-8-20-32-40;2*2-1(3,4)5/h3-32H,1-2H3;2*(H,2,3,4,5)/q+2;;/p-2. The number of aryl methyl sites for hydroxylation is 2. The zero-order chi connectivity index (χ0) is 43.7. The summed E-state index contributed by atoms with van der Waals surface area (Å²) in [5, 5.41) is 9.34. The van der Waals surface area contributed by atoms with E-state index in [9.17, 15) is 0 Å². The van der Waals surface area contributed by atoms with Crippen molar-refractivity contribution < 1.29 is 62.2 Å². The third-order valence-electron chi connectivity index (χ3n) is 9.05. The molecule has 312 valence electrons. The normalized spacial score (nSPS) is 11.8. The van der Waals surface area contributed by atoms with E-state index >= 15 is 0 Å². The van der Waals surface area contributed by atoms with E-state index in [4.69, 9.17) is 51.7 Å². The van der Waals surface area contributed by atoms with Gasteiger partial charge < -0.3 is 4.42 Å². The third-order valence-corrected chi connectivity index (χ3v) is 19.9. The van der Waals surface area contributed by atoms with Crippen LogP contribution in [-0.4, -0.2) is 9.97 Å². The van der Waals surface area contributed by atoms with Crippen LogP contribution in [0, 0.1) is 34.3 Å². The minimum atomic E-state index is -4.94. The molecule has 0 fully saturated rings. The van der Waals surface area contributed by atoms with Crippen LogP contribution in [0.3, 0.4) is 0 Å². The van der Waals surface area contributed by atoms with E-state index in [-0.39, 0.29) is 0 Å². The summed E-state index contributed by atoms with van der Waals surface area (Å²) in [4.78, 5) is 10.8. The summed E-state index contributed by atoms with van der Waals surface area (Å²) >= 11 is 3.43. The lowest BCUT2D eigenvalue weighted by molar-refractivity contribution is -2.00. The van der Waals surface area contributed by atoms with Crippen LogP contribution in [0.25, 0.3) is 0 Å². The highest BCUT2D eigenvalue weighted by atomic mass is 35.7. The van der Waals surface area contributed by atoms with Gasteiger partial charge in [-0.1, -0.05) is 109 Å². The Morgan fingerprint density at radius 3 is 0.967 bits per heavy atom. The number of hydrogen-bond acceptors (Lipinski definition) is 13. The van der Waals surface area contributed by atoms with Crippen molar-refractivity contribution in [3.05, 3.63) is 193 Å². The summed E-state index contributed by atoms with van der Waals surface area (Å²) in [6.07, 6.45) is 0. The monoisotopic (exact) mass is 932 g/mol. The molecule has 0 unspecified atom stereocenters. The van der Waals surface area contributed by atoms with E-state index in [1.165, 1.54) is 31.8 Å². The Kier molecular flexibility index (Phi) is 15.3. The minimum Gasteiger partial charge on any atom is -0.430 e. The van der Waals surface area contributed by atoms with Gasteiger partial charge in [0.15, 0.2) is 20.4 Å². The SMILES string of the molecule is Cc1nc([P+](c2ccccc2)(c2ccccc2)c2ccccc2)c(Sc2sc(C)nc2[P+](c2ccccc2)(c2ccccc2)c2ccccc2)o1.[O-][Cl+3]([O-])([O-])[O-].[O-][Cl+3]([O-])([O-])[O-]. The van der Waals surface area contributed by atoms with Crippen LogP contribution in [0.5, 0.6) is 0 Å². The van der Waals surface area contributed by atoms with Gasteiger partial charge in [0.2, 0.25) is 10.5 Å². The van der Waals surface area contributed by atoms with Crippen molar-refractivity contribution >= 4 is 80.3 Å². The Morgan fingerprint density at radius 2 is 0.689 bits per heavy atom. The van der Waals surface area contributed by atoms with E-state index < -0.39 is 35.0 Å². The second-order valence-corrected chi connectivity index (χ2v) is 23.5. The Hall–Kier alpha value is -4.37. The van der Waals surface area contributed by atoms with Gasteiger partial charge >= 0.3 is 0 Å². The number of thiazole rings is 1. The van der Waals surface area contributed by atoms with Crippen LogP contribution >= 0.6 is 37.6 Å². The quantitative estimate of drug-likeness (QED) is 0.145. The molecule has 11 nitrogen and oxygen atoms in total. The van der Waals surface area contributed by atoms with Gasteiger partial charge in [-0.3, -0.25) is 0 Å². The minimum absolute atomic E-state index is 0.651. The summed E-state index contributed by atoms with van der Waals surface area (Å²) in [7, 11) is -14.9. The van der Waals surface area contributed by atoms with Crippen LogP contribution in [-0.2, 0) is 0 Å². The predicted octanol–water partition coefficient (Wildman–Crippen LogP) is -1.37. The molecule has 0 aliphatic carbocycles. The van der Waals surface area contributed by atoms with Crippen LogP contribution in [0.1, 0.15) is 10.9 Å². The highest BCUT2D eigenvalue weighted by molar-refractivity contribution is 8.07. The van der Waals surface area contributed by atoms with Gasteiger partial charge in [0.1, 0.15) is 36.0 Å². The van der Waals surface area contributed by atoms with E-state index in [1.54, 1.807) is 23.1 Å². The number of oxazole rings is 1. The van der Waals surface area contributed by atoms with Crippen molar-refractivity contribution in [3.63, 3.8) is 0 Å². The van der Waals surface area contributed by atoms with Crippen molar-refractivity contribution in [1.29, 1.82) is 0 Å². The number of rotatable bonds is 10. The zero-order valence-corrected chi connectivity index (χ0v) is 37.3. The molecule has 61 heavy (non-hydrogen) atoms. The summed E-state index contributed by atoms with van der Waals surface area (Å²) in [6, 6.07) is 65.5. The average Bonchev–Trinajstić information content (AvgIpc) is 3.80. The molecule has 17 heteroatoms. The molecule has 0 aliphatic heterocycles. The maximum atomic E-state index is 8.49. The van der Waals surface area contributed by atoms with Crippen molar-refractivity contribution in [2.45, 2.75) is 23.1 Å². The fourth-order valence-electron chi connectivity index (χ4n) is 6.97. The maximum Gasteiger partial charge on any atom is 0.251 e. The van der Waals surface area contributed by atoms with E-state index in [2.05, 4.69) is 189 Å². The average molecular weight is 934 g/mol. The number of halogens is 2. The number of aromatic nitrogens is 2. The van der Waals surface area contributed by atoms with Gasteiger partial charge in [0.25, 0.3) is 5.44 Å². The molecule has 2 heterocycles. The lowest BCUT2D eigenvalue weighted by Gasteiger charge is -2.27. The second-order valence-electron chi connectivity index (χ2n) is 12.9. The van der Waals surface area contributed by atoms with Crippen molar-refractivity contribution in [2.75, 3.05) is 0 Å². The van der Waals surface area contributed by atoms with Gasteiger partial charge in [0, 0.05) is 6.92 Å². The molecular weight excluding hydrogens is 897 g/mol. The van der Waals surface area contributed by atoms with Gasteiger partial charge in [-0.15, -0.1) is 31.8 Å². The summed E-state index contributed by atoms with van der Waals surface area (Å²) in [5.41, 5.74) is 2.08. The van der Waals surface area contributed by atoms with Crippen LogP contribution in [0.2, 0.25) is 0 Å². The topological polar surface area (TPSA) is 223 Å². The van der Waals surface area contributed by atoms with Gasteiger partial charge in [-0.25, -0.2) is 42.3 Å². The first-order chi connectivity index (χ1) is 29.1. The Morgan fingerprint density at radius 1 is 0.426 bits per heavy atom. The molecule has 8 aromatic rings. The second kappa shape index (κ2) is 20.2. The van der Waals surface area contributed by atoms with Crippen LogP contribution in [0.15, 0.2) is 196 Å². The first-order valence-electron chi connectivity index (χ1n) is 18.1. The summed E-state index contributed by atoms with van der Waals surface area (Å²) < 4.78 is 75.8.